The zero-order valence-corrected chi connectivity index (χ0v) is 20.3. The molecule has 0 saturated carbocycles. The summed E-state index contributed by atoms with van der Waals surface area (Å²) in [6.07, 6.45) is 2.69. The van der Waals surface area contributed by atoms with Crippen molar-refractivity contribution in [1.82, 2.24) is 4.57 Å². The second-order valence-corrected chi connectivity index (χ2v) is 8.70. The van der Waals surface area contributed by atoms with Crippen molar-refractivity contribution >= 4 is 21.9 Å². The number of rotatable bonds is 8. The Hall–Kier alpha value is -3.31. The van der Waals surface area contributed by atoms with Crippen molar-refractivity contribution in [3.8, 4) is 11.4 Å². The molecule has 0 fully saturated rings. The summed E-state index contributed by atoms with van der Waals surface area (Å²) in [6, 6.07) is 26.0. The number of benzene rings is 3. The number of carbonyl (C=O) groups excluding carboxylic acids is 1. The number of hydrogen-bond acceptors (Lipinski definition) is 3. The van der Waals surface area contributed by atoms with Crippen LogP contribution in [0.1, 0.15) is 39.7 Å². The number of carbonyl (C=O) groups is 1. The molecule has 5 heteroatoms. The Morgan fingerprint density at radius 2 is 1.79 bits per heavy atom. The van der Waals surface area contributed by atoms with E-state index in [2.05, 4.69) is 51.7 Å². The van der Waals surface area contributed by atoms with Crippen molar-refractivity contribution in [2.24, 2.45) is 0 Å². The molecule has 0 atom stereocenters. The van der Waals surface area contributed by atoms with E-state index in [1.807, 2.05) is 61.7 Å². The molecule has 4 nitrogen and oxygen atoms in total. The van der Waals surface area contributed by atoms with Gasteiger partial charge < -0.3 is 14.0 Å². The zero-order chi connectivity index (χ0) is 23.2. The molecule has 0 aliphatic heterocycles. The van der Waals surface area contributed by atoms with Gasteiger partial charge in [0, 0.05) is 34.0 Å². The lowest BCUT2D eigenvalue weighted by molar-refractivity contribution is 0.0526. The lowest BCUT2D eigenvalue weighted by Gasteiger charge is -2.15. The van der Waals surface area contributed by atoms with Crippen LogP contribution in [0.15, 0.2) is 89.5 Å². The molecule has 0 radical (unpaired) electrons. The highest BCUT2D eigenvalue weighted by Crippen LogP contribution is 2.28. The second kappa shape index (κ2) is 10.5. The second-order valence-electron chi connectivity index (χ2n) is 7.78. The van der Waals surface area contributed by atoms with Crippen LogP contribution in [0.3, 0.4) is 0 Å². The SMILES string of the molecule is CCOC(=O)c1cccc(-n2cccc2Cc2cc(Br)ccc2OCc2ccccc2C)c1. The molecule has 0 unspecified atom stereocenters. The highest BCUT2D eigenvalue weighted by atomic mass is 79.9. The number of aromatic nitrogens is 1. The highest BCUT2D eigenvalue weighted by molar-refractivity contribution is 9.10. The average molecular weight is 504 g/mol. The van der Waals surface area contributed by atoms with Crippen LogP contribution < -0.4 is 4.74 Å². The van der Waals surface area contributed by atoms with Crippen molar-refractivity contribution < 1.29 is 14.3 Å². The van der Waals surface area contributed by atoms with Crippen LogP contribution in [0.4, 0.5) is 0 Å². The molecule has 0 bridgehead atoms. The minimum absolute atomic E-state index is 0.313. The van der Waals surface area contributed by atoms with E-state index in [1.165, 1.54) is 11.1 Å². The minimum Gasteiger partial charge on any atom is -0.489 e. The summed E-state index contributed by atoms with van der Waals surface area (Å²) in [5, 5.41) is 0. The van der Waals surface area contributed by atoms with Crippen LogP contribution in [0.5, 0.6) is 5.75 Å². The Balaban J connectivity index is 1.59. The number of hydrogen-bond donors (Lipinski definition) is 0. The monoisotopic (exact) mass is 503 g/mol. The van der Waals surface area contributed by atoms with E-state index in [1.54, 1.807) is 6.07 Å². The maximum atomic E-state index is 12.2. The fourth-order valence-electron chi connectivity index (χ4n) is 3.76. The Morgan fingerprint density at radius 3 is 2.61 bits per heavy atom. The van der Waals surface area contributed by atoms with Crippen LogP contribution in [-0.4, -0.2) is 17.1 Å². The summed E-state index contributed by atoms with van der Waals surface area (Å²) in [4.78, 5) is 12.2. The Bertz CT molecular complexity index is 1260. The number of halogens is 1. The van der Waals surface area contributed by atoms with E-state index in [0.29, 0.717) is 25.2 Å². The molecule has 1 heterocycles. The van der Waals surface area contributed by atoms with Crippen molar-refractivity contribution in [2.75, 3.05) is 6.61 Å². The Labute approximate surface area is 202 Å². The molecule has 0 amide bonds. The van der Waals surface area contributed by atoms with Gasteiger partial charge >= 0.3 is 5.97 Å². The van der Waals surface area contributed by atoms with E-state index < -0.39 is 0 Å². The summed E-state index contributed by atoms with van der Waals surface area (Å²) in [5.41, 5.74) is 6.02. The summed E-state index contributed by atoms with van der Waals surface area (Å²) < 4.78 is 14.5. The van der Waals surface area contributed by atoms with Gasteiger partial charge in [-0.3, -0.25) is 0 Å². The van der Waals surface area contributed by atoms with Gasteiger partial charge in [0.25, 0.3) is 0 Å². The van der Waals surface area contributed by atoms with Crippen molar-refractivity contribution in [3.05, 3.63) is 117 Å². The zero-order valence-electron chi connectivity index (χ0n) is 18.8. The molecule has 0 spiro atoms. The van der Waals surface area contributed by atoms with Crippen LogP contribution in [0.2, 0.25) is 0 Å². The van der Waals surface area contributed by atoms with Gasteiger partial charge in [0.2, 0.25) is 0 Å². The van der Waals surface area contributed by atoms with Crippen molar-refractivity contribution in [1.29, 1.82) is 0 Å². The van der Waals surface area contributed by atoms with Gasteiger partial charge in [-0.05, 0) is 73.5 Å². The molecule has 0 saturated heterocycles. The van der Waals surface area contributed by atoms with Gasteiger partial charge in [0.1, 0.15) is 12.4 Å². The van der Waals surface area contributed by atoms with Gasteiger partial charge in [0.15, 0.2) is 0 Å². The van der Waals surface area contributed by atoms with Crippen LogP contribution in [0.25, 0.3) is 5.69 Å². The van der Waals surface area contributed by atoms with Crippen molar-refractivity contribution in [2.45, 2.75) is 26.9 Å². The third-order valence-electron chi connectivity index (χ3n) is 5.51. The molecule has 33 heavy (non-hydrogen) atoms. The fraction of sp³-hybridized carbons (Fsp3) is 0.179. The maximum Gasteiger partial charge on any atom is 0.338 e. The van der Waals surface area contributed by atoms with Crippen LogP contribution in [0, 0.1) is 6.92 Å². The van der Waals surface area contributed by atoms with E-state index in [9.17, 15) is 4.79 Å². The molecule has 0 N–H and O–H groups in total. The number of aryl methyl sites for hydroxylation is 1. The van der Waals surface area contributed by atoms with Gasteiger partial charge in [-0.2, -0.15) is 0 Å². The van der Waals surface area contributed by atoms with Gasteiger partial charge in [-0.15, -0.1) is 0 Å². The van der Waals surface area contributed by atoms with Crippen molar-refractivity contribution in [3.63, 3.8) is 0 Å². The standard InChI is InChI=1S/C28H26BrNO3/c1-3-32-28(31)21-10-6-11-25(17-21)30-15-7-12-26(30)18-23-16-24(29)13-14-27(23)33-19-22-9-5-4-8-20(22)2/h4-17H,3,18-19H2,1-2H3. The molecule has 1 aromatic heterocycles. The maximum absolute atomic E-state index is 12.2. The first-order valence-electron chi connectivity index (χ1n) is 10.9. The molecule has 4 aromatic rings. The lowest BCUT2D eigenvalue weighted by atomic mass is 10.1. The molecule has 168 valence electrons. The molecular formula is C28H26BrNO3. The number of nitrogens with zero attached hydrogens (tertiary/aromatic N) is 1. The number of esters is 1. The molecular weight excluding hydrogens is 478 g/mol. The summed E-state index contributed by atoms with van der Waals surface area (Å²) in [6.45, 7) is 4.77. The normalized spacial score (nSPS) is 10.8. The summed E-state index contributed by atoms with van der Waals surface area (Å²) >= 11 is 3.60. The third kappa shape index (κ3) is 5.55. The van der Waals surface area contributed by atoms with E-state index in [-0.39, 0.29) is 5.97 Å². The van der Waals surface area contributed by atoms with E-state index in [4.69, 9.17) is 9.47 Å². The Morgan fingerprint density at radius 1 is 0.939 bits per heavy atom. The smallest absolute Gasteiger partial charge is 0.338 e. The molecule has 0 aliphatic rings. The first-order valence-corrected chi connectivity index (χ1v) is 11.7. The van der Waals surface area contributed by atoms with Gasteiger partial charge in [-0.1, -0.05) is 46.3 Å². The lowest BCUT2D eigenvalue weighted by Crippen LogP contribution is -2.07. The predicted molar refractivity (Wildman–Crippen MR) is 134 cm³/mol. The first kappa shape index (κ1) is 22.9. The quantitative estimate of drug-likeness (QED) is 0.245. The fourth-order valence-corrected chi connectivity index (χ4v) is 4.17. The summed E-state index contributed by atoms with van der Waals surface area (Å²) in [7, 11) is 0. The van der Waals surface area contributed by atoms with Gasteiger partial charge in [0.05, 0.1) is 12.2 Å². The van der Waals surface area contributed by atoms with E-state index in [0.717, 1.165) is 27.2 Å². The van der Waals surface area contributed by atoms with Crippen LogP contribution in [-0.2, 0) is 17.8 Å². The molecule has 0 aliphatic carbocycles. The molecule has 4 rings (SSSR count). The number of ether oxygens (including phenoxy) is 2. The predicted octanol–water partition coefficient (Wildman–Crippen LogP) is 6.89. The molecule has 3 aromatic carbocycles. The largest absolute Gasteiger partial charge is 0.489 e. The van der Waals surface area contributed by atoms with Crippen LogP contribution >= 0.6 is 15.9 Å². The Kier molecular flexibility index (Phi) is 7.30. The first-order chi connectivity index (χ1) is 16.0. The third-order valence-corrected chi connectivity index (χ3v) is 6.00. The van der Waals surface area contributed by atoms with Gasteiger partial charge in [-0.25, -0.2) is 4.79 Å². The summed E-state index contributed by atoms with van der Waals surface area (Å²) in [5.74, 6) is 0.543. The highest BCUT2D eigenvalue weighted by Gasteiger charge is 2.13. The topological polar surface area (TPSA) is 40.5 Å². The van der Waals surface area contributed by atoms with E-state index >= 15 is 0 Å². The average Bonchev–Trinajstić information content (AvgIpc) is 3.28. The minimum atomic E-state index is -0.313.